The summed E-state index contributed by atoms with van der Waals surface area (Å²) >= 11 is 0. The second-order valence-electron chi connectivity index (χ2n) is 6.14. The highest BCUT2D eigenvalue weighted by molar-refractivity contribution is 7.90. The van der Waals surface area contributed by atoms with E-state index in [-0.39, 0.29) is 16.9 Å². The van der Waals surface area contributed by atoms with Crippen molar-refractivity contribution in [2.45, 2.75) is 18.2 Å². The lowest BCUT2D eigenvalue weighted by Gasteiger charge is -2.10. The summed E-state index contributed by atoms with van der Waals surface area (Å²) in [6.07, 6.45) is -2.34. The maximum Gasteiger partial charge on any atom is 0.282 e. The van der Waals surface area contributed by atoms with Crippen molar-refractivity contribution in [2.24, 2.45) is 0 Å². The van der Waals surface area contributed by atoms with Gasteiger partial charge in [-0.05, 0) is 42.8 Å². The van der Waals surface area contributed by atoms with E-state index in [1.807, 2.05) is 0 Å². The lowest BCUT2D eigenvalue weighted by molar-refractivity contribution is 0.145. The van der Waals surface area contributed by atoms with Gasteiger partial charge in [0.2, 0.25) is 0 Å². The Kier molecular flexibility index (Phi) is 5.00. The third-order valence-corrected chi connectivity index (χ3v) is 5.15. The van der Waals surface area contributed by atoms with Crippen LogP contribution in [-0.4, -0.2) is 24.5 Å². The average molecular weight is 416 g/mol. The molecule has 3 aromatic rings. The van der Waals surface area contributed by atoms with Crippen molar-refractivity contribution < 1.29 is 30.4 Å². The van der Waals surface area contributed by atoms with Gasteiger partial charge in [0.1, 0.15) is 28.0 Å². The quantitative estimate of drug-likeness (QED) is 0.584. The van der Waals surface area contributed by atoms with Crippen LogP contribution in [0.2, 0.25) is 0 Å². The van der Waals surface area contributed by atoms with Crippen LogP contribution in [0.4, 0.5) is 22.0 Å². The Morgan fingerprint density at radius 1 is 0.964 bits per heavy atom. The minimum absolute atomic E-state index is 0.0537. The molecule has 0 N–H and O–H groups in total. The normalized spacial score (nSPS) is 12.0. The first-order valence-corrected chi connectivity index (χ1v) is 9.72. The zero-order valence-electron chi connectivity index (χ0n) is 14.6. The number of aromatic nitrogens is 2. The summed E-state index contributed by atoms with van der Waals surface area (Å²) in [6.45, 7) is 1.50. The highest BCUT2D eigenvalue weighted by Crippen LogP contribution is 2.31. The number of alkyl halides is 2. The minimum atomic E-state index is -4.19. The molecule has 0 unspecified atom stereocenters. The minimum Gasteiger partial charge on any atom is -0.233 e. The van der Waals surface area contributed by atoms with Crippen molar-refractivity contribution >= 4 is 9.84 Å². The zero-order valence-corrected chi connectivity index (χ0v) is 15.4. The van der Waals surface area contributed by atoms with E-state index in [0.29, 0.717) is 24.0 Å². The molecular weight excluding hydrogens is 403 g/mol. The van der Waals surface area contributed by atoms with E-state index < -0.39 is 44.3 Å². The number of rotatable bonds is 4. The predicted molar refractivity (Wildman–Crippen MR) is 91.7 cm³/mol. The van der Waals surface area contributed by atoms with Gasteiger partial charge < -0.3 is 0 Å². The zero-order chi connectivity index (χ0) is 20.8. The molecule has 10 heteroatoms. The number of benzene rings is 2. The average Bonchev–Trinajstić information content (AvgIpc) is 3.01. The molecule has 1 aromatic heterocycles. The summed E-state index contributed by atoms with van der Waals surface area (Å²) in [5.74, 6) is -3.37. The van der Waals surface area contributed by atoms with Crippen molar-refractivity contribution in [1.29, 1.82) is 0 Å². The Morgan fingerprint density at radius 2 is 1.57 bits per heavy atom. The predicted octanol–water partition coefficient (Wildman–Crippen LogP) is 4.61. The number of halogens is 5. The van der Waals surface area contributed by atoms with Gasteiger partial charge in [-0.15, -0.1) is 0 Å². The molecule has 0 saturated heterocycles. The van der Waals surface area contributed by atoms with Crippen molar-refractivity contribution in [3.05, 3.63) is 65.1 Å². The Hall–Kier alpha value is -2.75. The molecular formula is C18H13F5N2O2S. The summed E-state index contributed by atoms with van der Waals surface area (Å²) in [4.78, 5) is -1.13. The summed E-state index contributed by atoms with van der Waals surface area (Å²) in [5.41, 5.74) is -0.720. The van der Waals surface area contributed by atoms with Gasteiger partial charge in [0.05, 0.1) is 11.4 Å². The van der Waals surface area contributed by atoms with E-state index in [1.54, 1.807) is 0 Å². The van der Waals surface area contributed by atoms with Crippen LogP contribution in [0.3, 0.4) is 0 Å². The molecule has 0 spiro atoms. The molecule has 0 saturated carbocycles. The monoisotopic (exact) mass is 416 g/mol. The van der Waals surface area contributed by atoms with E-state index in [1.165, 1.54) is 19.1 Å². The van der Waals surface area contributed by atoms with E-state index >= 15 is 0 Å². The third-order valence-electron chi connectivity index (χ3n) is 4.02. The molecule has 0 aliphatic carbocycles. The SMILES string of the molecule is Cc1ccc(-n2nc(C(F)F)cc2-c2cc(F)c(S(C)(=O)=O)c(F)c2)cc1F. The Morgan fingerprint density at radius 3 is 2.07 bits per heavy atom. The highest BCUT2D eigenvalue weighted by atomic mass is 32.2. The molecule has 2 aromatic carbocycles. The van der Waals surface area contributed by atoms with Gasteiger partial charge in [0, 0.05) is 11.8 Å². The fourth-order valence-electron chi connectivity index (χ4n) is 2.68. The Balaban J connectivity index is 2.26. The molecule has 148 valence electrons. The summed E-state index contributed by atoms with van der Waals surface area (Å²) in [5, 5.41) is 3.69. The molecule has 4 nitrogen and oxygen atoms in total. The van der Waals surface area contributed by atoms with Crippen LogP contribution in [0.5, 0.6) is 0 Å². The molecule has 0 amide bonds. The maximum atomic E-state index is 14.3. The topological polar surface area (TPSA) is 52.0 Å². The van der Waals surface area contributed by atoms with Crippen LogP contribution in [0.25, 0.3) is 16.9 Å². The molecule has 0 aliphatic rings. The van der Waals surface area contributed by atoms with E-state index in [9.17, 15) is 30.4 Å². The number of hydrogen-bond donors (Lipinski definition) is 0. The number of sulfone groups is 1. The molecule has 1 heterocycles. The summed E-state index contributed by atoms with van der Waals surface area (Å²) < 4.78 is 92.7. The van der Waals surface area contributed by atoms with Crippen LogP contribution in [0.15, 0.2) is 41.3 Å². The van der Waals surface area contributed by atoms with E-state index in [4.69, 9.17) is 0 Å². The van der Waals surface area contributed by atoms with Gasteiger partial charge >= 0.3 is 0 Å². The van der Waals surface area contributed by atoms with Crippen molar-refractivity contribution in [3.8, 4) is 16.9 Å². The molecule has 0 aliphatic heterocycles. The van der Waals surface area contributed by atoms with Crippen LogP contribution in [0, 0.1) is 24.4 Å². The molecule has 0 atom stereocenters. The van der Waals surface area contributed by atoms with Gasteiger partial charge in [-0.3, -0.25) is 0 Å². The summed E-state index contributed by atoms with van der Waals surface area (Å²) in [7, 11) is -4.19. The molecule has 28 heavy (non-hydrogen) atoms. The van der Waals surface area contributed by atoms with Gasteiger partial charge in [0.25, 0.3) is 6.43 Å². The fraction of sp³-hybridized carbons (Fsp3) is 0.167. The smallest absolute Gasteiger partial charge is 0.233 e. The molecule has 0 bridgehead atoms. The highest BCUT2D eigenvalue weighted by Gasteiger charge is 2.24. The van der Waals surface area contributed by atoms with E-state index in [2.05, 4.69) is 5.10 Å². The molecule has 3 rings (SSSR count). The molecule has 0 fully saturated rings. The standard InChI is InChI=1S/C18H13F5N2O2S/c1-9-3-4-11(7-12(9)19)25-16(8-15(24-25)18(22)23)10-5-13(20)17(14(21)6-10)28(2,26)27/h3-8,18H,1-2H3. The van der Waals surface area contributed by atoms with Crippen molar-refractivity contribution in [1.82, 2.24) is 9.78 Å². The fourth-order valence-corrected chi connectivity index (χ4v) is 3.51. The van der Waals surface area contributed by atoms with Gasteiger partial charge in [-0.1, -0.05) is 6.07 Å². The van der Waals surface area contributed by atoms with E-state index in [0.717, 1.165) is 16.8 Å². The van der Waals surface area contributed by atoms with Crippen LogP contribution < -0.4 is 0 Å². The maximum absolute atomic E-state index is 14.3. The molecule has 0 radical (unpaired) electrons. The van der Waals surface area contributed by atoms with Gasteiger partial charge in [0.15, 0.2) is 9.84 Å². The number of nitrogens with zero attached hydrogens (tertiary/aromatic N) is 2. The number of hydrogen-bond acceptors (Lipinski definition) is 3. The number of aryl methyl sites for hydroxylation is 1. The first-order valence-electron chi connectivity index (χ1n) is 7.83. The van der Waals surface area contributed by atoms with Crippen LogP contribution in [0.1, 0.15) is 17.7 Å². The van der Waals surface area contributed by atoms with Crippen molar-refractivity contribution in [3.63, 3.8) is 0 Å². The second kappa shape index (κ2) is 7.01. The first kappa shape index (κ1) is 20.0. The Labute approximate surface area is 157 Å². The van der Waals surface area contributed by atoms with Gasteiger partial charge in [-0.25, -0.2) is 35.1 Å². The largest absolute Gasteiger partial charge is 0.282 e. The van der Waals surface area contributed by atoms with Crippen LogP contribution in [-0.2, 0) is 9.84 Å². The first-order chi connectivity index (χ1) is 13.0. The van der Waals surface area contributed by atoms with Crippen LogP contribution >= 0.6 is 0 Å². The lowest BCUT2D eigenvalue weighted by atomic mass is 10.1. The summed E-state index contributed by atoms with van der Waals surface area (Å²) in [6, 6.07) is 6.14. The Bertz CT molecular complexity index is 1150. The second-order valence-corrected chi connectivity index (χ2v) is 8.09. The third kappa shape index (κ3) is 3.64. The van der Waals surface area contributed by atoms with Crippen molar-refractivity contribution in [2.75, 3.05) is 6.26 Å². The van der Waals surface area contributed by atoms with Gasteiger partial charge in [-0.2, -0.15) is 5.10 Å². The lowest BCUT2D eigenvalue weighted by Crippen LogP contribution is -2.06.